The Bertz CT molecular complexity index is 1030. The molecule has 2 heterocycles. The average molecular weight is 450 g/mol. The van der Waals surface area contributed by atoms with Gasteiger partial charge in [0, 0.05) is 31.0 Å². The maximum Gasteiger partial charge on any atom is 0.175 e. The number of hydrogen-bond donors (Lipinski definition) is 2. The van der Waals surface area contributed by atoms with Crippen LogP contribution in [0, 0.1) is 11.3 Å². The highest BCUT2D eigenvalue weighted by atomic mass is 32.1. The van der Waals surface area contributed by atoms with Gasteiger partial charge in [0.15, 0.2) is 10.9 Å². The summed E-state index contributed by atoms with van der Waals surface area (Å²) in [7, 11) is 0. The average Bonchev–Trinajstić information content (AvgIpc) is 3.32. The Morgan fingerprint density at radius 2 is 1.91 bits per heavy atom. The molecule has 0 bridgehead atoms. The fourth-order valence-electron chi connectivity index (χ4n) is 3.33. The fourth-order valence-corrected chi connectivity index (χ4v) is 3.56. The van der Waals surface area contributed by atoms with Crippen LogP contribution in [0.5, 0.6) is 0 Å². The number of nitrogens with one attached hydrogen (secondary N) is 2. The van der Waals surface area contributed by atoms with Crippen LogP contribution in [-0.2, 0) is 6.54 Å². The number of furan rings is 1. The Morgan fingerprint density at radius 1 is 1.12 bits per heavy atom. The zero-order chi connectivity index (χ0) is 22.8. The van der Waals surface area contributed by atoms with Crippen LogP contribution in [0.2, 0.25) is 0 Å². The summed E-state index contributed by atoms with van der Waals surface area (Å²) in [6.45, 7) is 7.17. The van der Waals surface area contributed by atoms with E-state index < -0.39 is 0 Å². The van der Waals surface area contributed by atoms with Crippen molar-refractivity contribution in [3.05, 3.63) is 60.9 Å². The number of rotatable bonds is 10. The Labute approximate surface area is 193 Å². The number of anilines is 4. The lowest BCUT2D eigenvalue weighted by Crippen LogP contribution is -2.27. The van der Waals surface area contributed by atoms with Crippen LogP contribution < -0.4 is 20.4 Å². The monoisotopic (exact) mass is 449 g/mol. The molecule has 32 heavy (non-hydrogen) atoms. The van der Waals surface area contributed by atoms with E-state index in [1.165, 1.54) is 12.0 Å². The van der Waals surface area contributed by atoms with Crippen LogP contribution >= 0.6 is 12.2 Å². The zero-order valence-electron chi connectivity index (χ0n) is 18.3. The normalized spacial score (nSPS) is 10.3. The lowest BCUT2D eigenvalue weighted by Gasteiger charge is -2.24. The summed E-state index contributed by atoms with van der Waals surface area (Å²) in [5, 5.41) is 15.9. The molecule has 3 aromatic rings. The largest absolute Gasteiger partial charge is 0.467 e. The summed E-state index contributed by atoms with van der Waals surface area (Å²) in [5.41, 5.74) is 2.70. The molecule has 1 aromatic carbocycles. The van der Waals surface area contributed by atoms with E-state index in [-0.39, 0.29) is 0 Å². The van der Waals surface area contributed by atoms with Crippen LogP contribution in [0.4, 0.5) is 22.9 Å². The van der Waals surface area contributed by atoms with Crippen molar-refractivity contribution in [1.29, 1.82) is 5.26 Å². The molecule has 166 valence electrons. The molecule has 0 aliphatic rings. The van der Waals surface area contributed by atoms with Crippen LogP contribution in [0.3, 0.4) is 0 Å². The van der Waals surface area contributed by atoms with Gasteiger partial charge in [0.25, 0.3) is 0 Å². The standard InChI is InChI=1S/C23H27N7OS/c1-3-29(4-2)19-10-8-18(9-11-19)27-23(32)28-21-15-25-17-26-22(21)30(13-6-12-24)16-20-7-5-14-31-20/h5,7-11,14-15,17H,3-4,6,13,16H2,1-2H3,(H2,27,28,32). The van der Waals surface area contributed by atoms with E-state index in [1.54, 1.807) is 12.5 Å². The number of hydrogen-bond acceptors (Lipinski definition) is 7. The van der Waals surface area contributed by atoms with E-state index in [0.29, 0.717) is 36.1 Å². The molecule has 9 heteroatoms. The number of thiocarbonyl (C=S) groups is 1. The van der Waals surface area contributed by atoms with E-state index in [0.717, 1.165) is 24.5 Å². The lowest BCUT2D eigenvalue weighted by atomic mass is 10.2. The van der Waals surface area contributed by atoms with E-state index in [2.05, 4.69) is 57.6 Å². The lowest BCUT2D eigenvalue weighted by molar-refractivity contribution is 0.501. The minimum atomic E-state index is 0.353. The first-order valence-corrected chi connectivity index (χ1v) is 10.9. The van der Waals surface area contributed by atoms with Gasteiger partial charge < -0.3 is 24.9 Å². The second-order valence-corrected chi connectivity index (χ2v) is 7.38. The van der Waals surface area contributed by atoms with Gasteiger partial charge in [-0.3, -0.25) is 0 Å². The number of aromatic nitrogens is 2. The Balaban J connectivity index is 1.71. The maximum absolute atomic E-state index is 9.07. The first-order chi connectivity index (χ1) is 15.6. The molecule has 0 unspecified atom stereocenters. The van der Waals surface area contributed by atoms with Crippen LogP contribution in [0.15, 0.2) is 59.6 Å². The second-order valence-electron chi connectivity index (χ2n) is 6.97. The molecule has 0 saturated heterocycles. The van der Waals surface area contributed by atoms with Gasteiger partial charge in [-0.05, 0) is 62.5 Å². The van der Waals surface area contributed by atoms with Crippen LogP contribution in [0.25, 0.3) is 0 Å². The van der Waals surface area contributed by atoms with Crippen molar-refractivity contribution >= 4 is 40.2 Å². The Kier molecular flexibility index (Phi) is 8.40. The van der Waals surface area contributed by atoms with Gasteiger partial charge >= 0.3 is 0 Å². The highest BCUT2D eigenvalue weighted by Gasteiger charge is 2.16. The van der Waals surface area contributed by atoms with Gasteiger partial charge in [-0.2, -0.15) is 5.26 Å². The van der Waals surface area contributed by atoms with E-state index in [4.69, 9.17) is 21.9 Å². The van der Waals surface area contributed by atoms with Crippen molar-refractivity contribution in [3.63, 3.8) is 0 Å². The topological polar surface area (TPSA) is 93.2 Å². The molecule has 2 aromatic heterocycles. The number of benzene rings is 1. The Hall–Kier alpha value is -3.64. The van der Waals surface area contributed by atoms with E-state index in [1.807, 2.05) is 29.2 Å². The molecule has 8 nitrogen and oxygen atoms in total. The summed E-state index contributed by atoms with van der Waals surface area (Å²) in [4.78, 5) is 12.8. The van der Waals surface area contributed by atoms with Gasteiger partial charge in [-0.15, -0.1) is 0 Å². The third kappa shape index (κ3) is 6.18. The minimum Gasteiger partial charge on any atom is -0.467 e. The first-order valence-electron chi connectivity index (χ1n) is 10.5. The molecule has 3 rings (SSSR count). The fraction of sp³-hybridized carbons (Fsp3) is 0.304. The molecule has 0 radical (unpaired) electrons. The molecule has 0 aliphatic heterocycles. The SMILES string of the molecule is CCN(CC)c1ccc(NC(=S)Nc2cncnc2N(CCC#N)Cc2ccco2)cc1. The van der Waals surface area contributed by atoms with Gasteiger partial charge in [0.05, 0.1) is 31.5 Å². The van der Waals surface area contributed by atoms with Gasteiger partial charge in [-0.1, -0.05) is 0 Å². The molecule has 0 saturated carbocycles. The molecule has 0 amide bonds. The highest BCUT2D eigenvalue weighted by Crippen LogP contribution is 2.25. The second kappa shape index (κ2) is 11.7. The van der Waals surface area contributed by atoms with Crippen LogP contribution in [-0.4, -0.2) is 34.7 Å². The predicted octanol–water partition coefficient (Wildman–Crippen LogP) is 4.64. The minimum absolute atomic E-state index is 0.353. The molecule has 0 fully saturated rings. The summed E-state index contributed by atoms with van der Waals surface area (Å²) in [6.07, 6.45) is 5.12. The summed E-state index contributed by atoms with van der Waals surface area (Å²) < 4.78 is 5.48. The highest BCUT2D eigenvalue weighted by molar-refractivity contribution is 7.80. The maximum atomic E-state index is 9.07. The van der Waals surface area contributed by atoms with Crippen molar-refractivity contribution < 1.29 is 4.42 Å². The third-order valence-corrected chi connectivity index (χ3v) is 5.12. The summed E-state index contributed by atoms with van der Waals surface area (Å²) in [5.74, 6) is 1.43. The van der Waals surface area contributed by atoms with Crippen LogP contribution in [0.1, 0.15) is 26.0 Å². The van der Waals surface area contributed by atoms with Gasteiger partial charge in [0.2, 0.25) is 0 Å². The number of nitrogens with zero attached hydrogens (tertiary/aromatic N) is 5. The van der Waals surface area contributed by atoms with Crippen molar-refractivity contribution in [2.45, 2.75) is 26.8 Å². The van der Waals surface area contributed by atoms with Gasteiger partial charge in [0.1, 0.15) is 17.8 Å². The molecule has 2 N–H and O–H groups in total. The Morgan fingerprint density at radius 3 is 2.56 bits per heavy atom. The molecular formula is C23H27N7OS. The smallest absolute Gasteiger partial charge is 0.175 e. The number of nitriles is 1. The first kappa shape index (κ1) is 23.0. The molecular weight excluding hydrogens is 422 g/mol. The third-order valence-electron chi connectivity index (χ3n) is 4.91. The van der Waals surface area contributed by atoms with Crippen molar-refractivity contribution in [2.75, 3.05) is 40.1 Å². The molecule has 0 spiro atoms. The molecule has 0 atom stereocenters. The van der Waals surface area contributed by atoms with Crippen molar-refractivity contribution in [2.24, 2.45) is 0 Å². The van der Waals surface area contributed by atoms with E-state index in [9.17, 15) is 0 Å². The van der Waals surface area contributed by atoms with Gasteiger partial charge in [-0.25, -0.2) is 9.97 Å². The van der Waals surface area contributed by atoms with Crippen molar-refractivity contribution in [1.82, 2.24) is 9.97 Å². The molecule has 0 aliphatic carbocycles. The zero-order valence-corrected chi connectivity index (χ0v) is 19.1. The predicted molar refractivity (Wildman–Crippen MR) is 132 cm³/mol. The quantitative estimate of drug-likeness (QED) is 0.429. The summed E-state index contributed by atoms with van der Waals surface area (Å²) in [6, 6.07) is 14.1. The van der Waals surface area contributed by atoms with E-state index >= 15 is 0 Å². The summed E-state index contributed by atoms with van der Waals surface area (Å²) >= 11 is 5.52. The van der Waals surface area contributed by atoms with Crippen molar-refractivity contribution in [3.8, 4) is 6.07 Å².